The molecule has 0 aromatic heterocycles. The van der Waals surface area contributed by atoms with Crippen LogP contribution in [0.5, 0.6) is 5.75 Å². The normalized spacial score (nSPS) is 15.2. The van der Waals surface area contributed by atoms with E-state index in [1.165, 1.54) is 23.2 Å². The van der Waals surface area contributed by atoms with Gasteiger partial charge in [-0.05, 0) is 41.5 Å². The lowest BCUT2D eigenvalue weighted by atomic mass is 9.98. The number of carbonyl (C=O) groups excluding carboxylic acids is 2. The number of methoxy groups -OCH3 is 1. The molecule has 0 aliphatic carbocycles. The molecule has 168 valence electrons. The van der Waals surface area contributed by atoms with Crippen molar-refractivity contribution in [2.24, 2.45) is 5.10 Å². The predicted octanol–water partition coefficient (Wildman–Crippen LogP) is 4.47. The molecule has 0 bridgehead atoms. The van der Waals surface area contributed by atoms with Gasteiger partial charge >= 0.3 is 5.97 Å². The standard InChI is InChI=1S/C25H22ClN3O4/c1-32-19-10-7-17(8-11-19)23-14-22(16-5-3-2-4-6-16)28-29(23)24(30)15-33-25(31)18-9-12-20(26)21(27)13-18/h2-13,23H,14-15,27H2,1H3. The third-order valence-corrected chi connectivity index (χ3v) is 5.68. The van der Waals surface area contributed by atoms with E-state index in [1.54, 1.807) is 7.11 Å². The fourth-order valence-corrected chi connectivity index (χ4v) is 3.70. The lowest BCUT2D eigenvalue weighted by molar-refractivity contribution is -0.136. The van der Waals surface area contributed by atoms with Crippen LogP contribution in [0, 0.1) is 0 Å². The first-order valence-corrected chi connectivity index (χ1v) is 10.6. The molecule has 1 atom stereocenters. The highest BCUT2D eigenvalue weighted by molar-refractivity contribution is 6.33. The van der Waals surface area contributed by atoms with Crippen LogP contribution in [0.1, 0.15) is 33.9 Å². The maximum absolute atomic E-state index is 13.1. The molecule has 0 spiro atoms. The van der Waals surface area contributed by atoms with Crippen LogP contribution in [-0.2, 0) is 9.53 Å². The number of halogens is 1. The Labute approximate surface area is 196 Å². The zero-order valence-electron chi connectivity index (χ0n) is 17.9. The van der Waals surface area contributed by atoms with Crippen LogP contribution in [0.2, 0.25) is 5.02 Å². The van der Waals surface area contributed by atoms with Crippen LogP contribution >= 0.6 is 11.6 Å². The summed E-state index contributed by atoms with van der Waals surface area (Å²) in [7, 11) is 1.60. The lowest BCUT2D eigenvalue weighted by Gasteiger charge is -2.22. The van der Waals surface area contributed by atoms with E-state index in [2.05, 4.69) is 5.10 Å². The van der Waals surface area contributed by atoms with Gasteiger partial charge in [-0.3, -0.25) is 4.79 Å². The second kappa shape index (κ2) is 9.75. The van der Waals surface area contributed by atoms with Crippen LogP contribution in [-0.4, -0.2) is 36.3 Å². The number of ether oxygens (including phenoxy) is 2. The molecule has 0 radical (unpaired) electrons. The van der Waals surface area contributed by atoms with Gasteiger partial charge < -0.3 is 15.2 Å². The van der Waals surface area contributed by atoms with Gasteiger partial charge in [0.1, 0.15) is 5.75 Å². The summed E-state index contributed by atoms with van der Waals surface area (Å²) >= 11 is 5.90. The minimum Gasteiger partial charge on any atom is -0.497 e. The van der Waals surface area contributed by atoms with E-state index >= 15 is 0 Å². The number of benzene rings is 3. The van der Waals surface area contributed by atoms with Crippen molar-refractivity contribution in [2.45, 2.75) is 12.5 Å². The molecule has 3 aromatic carbocycles. The second-order valence-electron chi connectivity index (χ2n) is 7.46. The van der Waals surface area contributed by atoms with Crippen molar-refractivity contribution in [3.05, 3.63) is 94.5 Å². The molecule has 4 rings (SSSR count). The van der Waals surface area contributed by atoms with E-state index < -0.39 is 18.5 Å². The fraction of sp³-hybridized carbons (Fsp3) is 0.160. The van der Waals surface area contributed by atoms with Crippen molar-refractivity contribution in [1.82, 2.24) is 5.01 Å². The molecule has 1 unspecified atom stereocenters. The molecule has 1 aliphatic rings. The number of amides is 1. The van der Waals surface area contributed by atoms with Crippen molar-refractivity contribution in [3.8, 4) is 5.75 Å². The number of anilines is 1. The number of hydrogen-bond acceptors (Lipinski definition) is 6. The molecule has 1 heterocycles. The summed E-state index contributed by atoms with van der Waals surface area (Å²) in [6, 6.07) is 21.2. The van der Waals surface area contributed by atoms with E-state index in [0.29, 0.717) is 11.4 Å². The van der Waals surface area contributed by atoms with Crippen LogP contribution < -0.4 is 10.5 Å². The quantitative estimate of drug-likeness (QED) is 0.430. The minimum atomic E-state index is -0.667. The highest BCUT2D eigenvalue weighted by atomic mass is 35.5. The Balaban J connectivity index is 1.53. The van der Waals surface area contributed by atoms with Gasteiger partial charge in [-0.25, -0.2) is 9.80 Å². The van der Waals surface area contributed by atoms with Gasteiger partial charge in [0.15, 0.2) is 6.61 Å². The topological polar surface area (TPSA) is 94.2 Å². The minimum absolute atomic E-state index is 0.214. The Bertz CT molecular complexity index is 1200. The van der Waals surface area contributed by atoms with Crippen LogP contribution in [0.25, 0.3) is 0 Å². The van der Waals surface area contributed by atoms with E-state index in [1.807, 2.05) is 54.6 Å². The molecule has 33 heavy (non-hydrogen) atoms. The molecule has 1 amide bonds. The predicted molar refractivity (Wildman–Crippen MR) is 126 cm³/mol. The summed E-state index contributed by atoms with van der Waals surface area (Å²) < 4.78 is 10.5. The maximum Gasteiger partial charge on any atom is 0.338 e. The molecule has 1 aliphatic heterocycles. The van der Waals surface area contributed by atoms with E-state index in [0.717, 1.165) is 22.6 Å². The van der Waals surface area contributed by atoms with Crippen molar-refractivity contribution < 1.29 is 19.1 Å². The van der Waals surface area contributed by atoms with Gasteiger partial charge in [0.25, 0.3) is 5.91 Å². The fourth-order valence-electron chi connectivity index (χ4n) is 3.58. The van der Waals surface area contributed by atoms with Crippen LogP contribution in [0.3, 0.4) is 0 Å². The first-order valence-electron chi connectivity index (χ1n) is 10.3. The Kier molecular flexibility index (Phi) is 6.60. The third-order valence-electron chi connectivity index (χ3n) is 5.33. The highest BCUT2D eigenvalue weighted by Crippen LogP contribution is 2.33. The summed E-state index contributed by atoms with van der Waals surface area (Å²) in [6.07, 6.45) is 0.531. The van der Waals surface area contributed by atoms with Gasteiger partial charge in [0.05, 0.1) is 35.1 Å². The van der Waals surface area contributed by atoms with Gasteiger partial charge in [-0.1, -0.05) is 54.1 Å². The van der Waals surface area contributed by atoms with Crippen molar-refractivity contribution >= 4 is 34.9 Å². The molecule has 8 heteroatoms. The number of esters is 1. The maximum atomic E-state index is 13.1. The monoisotopic (exact) mass is 463 g/mol. The first kappa shape index (κ1) is 22.4. The summed E-state index contributed by atoms with van der Waals surface area (Å²) in [5.41, 5.74) is 8.83. The molecule has 3 aromatic rings. The Hall–Kier alpha value is -3.84. The van der Waals surface area contributed by atoms with E-state index in [9.17, 15) is 9.59 Å². The molecular weight excluding hydrogens is 442 g/mol. The third kappa shape index (κ3) is 4.99. The smallest absolute Gasteiger partial charge is 0.338 e. The number of nitrogen functional groups attached to an aromatic ring is 1. The number of hydrogen-bond donors (Lipinski definition) is 1. The van der Waals surface area contributed by atoms with Crippen LogP contribution in [0.4, 0.5) is 5.69 Å². The summed E-state index contributed by atoms with van der Waals surface area (Å²) in [5.74, 6) is -0.383. The molecular formula is C25H22ClN3O4. The SMILES string of the molecule is COc1ccc(C2CC(c3ccccc3)=NN2C(=O)COC(=O)c2ccc(Cl)c(N)c2)cc1. The largest absolute Gasteiger partial charge is 0.497 e. The van der Waals surface area contributed by atoms with Gasteiger partial charge in [-0.2, -0.15) is 5.10 Å². The molecule has 0 saturated heterocycles. The molecule has 2 N–H and O–H groups in total. The van der Waals surface area contributed by atoms with Gasteiger partial charge in [0, 0.05) is 6.42 Å². The number of nitrogens with two attached hydrogens (primary N) is 1. The van der Waals surface area contributed by atoms with E-state index in [-0.39, 0.29) is 17.3 Å². The van der Waals surface area contributed by atoms with Crippen molar-refractivity contribution in [3.63, 3.8) is 0 Å². The van der Waals surface area contributed by atoms with E-state index in [4.69, 9.17) is 26.8 Å². The zero-order chi connectivity index (χ0) is 23.4. The number of rotatable bonds is 6. The molecule has 0 fully saturated rings. The number of carbonyl (C=O) groups is 2. The number of hydrazone groups is 1. The summed E-state index contributed by atoms with van der Waals surface area (Å²) in [5, 5.41) is 6.30. The Morgan fingerprint density at radius 3 is 2.48 bits per heavy atom. The Morgan fingerprint density at radius 2 is 1.82 bits per heavy atom. The molecule has 0 saturated carbocycles. The first-order chi connectivity index (χ1) is 16.0. The molecule has 7 nitrogen and oxygen atoms in total. The number of nitrogens with zero attached hydrogens (tertiary/aromatic N) is 2. The zero-order valence-corrected chi connectivity index (χ0v) is 18.7. The van der Waals surface area contributed by atoms with Crippen molar-refractivity contribution in [1.29, 1.82) is 0 Å². The summed E-state index contributed by atoms with van der Waals surface area (Å²) in [4.78, 5) is 25.5. The van der Waals surface area contributed by atoms with Gasteiger partial charge in [-0.15, -0.1) is 0 Å². The Morgan fingerprint density at radius 1 is 1.09 bits per heavy atom. The van der Waals surface area contributed by atoms with Gasteiger partial charge in [0.2, 0.25) is 0 Å². The van der Waals surface area contributed by atoms with Crippen LogP contribution in [0.15, 0.2) is 77.9 Å². The summed E-state index contributed by atoms with van der Waals surface area (Å²) in [6.45, 7) is -0.459. The average Bonchev–Trinajstić information content (AvgIpc) is 3.30. The highest BCUT2D eigenvalue weighted by Gasteiger charge is 2.33. The second-order valence-corrected chi connectivity index (χ2v) is 7.86. The van der Waals surface area contributed by atoms with Crippen molar-refractivity contribution in [2.75, 3.05) is 19.5 Å². The average molecular weight is 464 g/mol. The lowest BCUT2D eigenvalue weighted by Crippen LogP contribution is -2.31.